The second-order valence-corrected chi connectivity index (χ2v) is 15.6. The summed E-state index contributed by atoms with van der Waals surface area (Å²) >= 11 is 1.45. The van der Waals surface area contributed by atoms with Crippen LogP contribution in [0.2, 0.25) is 0 Å². The summed E-state index contributed by atoms with van der Waals surface area (Å²) in [6.07, 6.45) is 1.82. The summed E-state index contributed by atoms with van der Waals surface area (Å²) in [7, 11) is 0. The van der Waals surface area contributed by atoms with Crippen LogP contribution in [0, 0.1) is 5.92 Å². The lowest BCUT2D eigenvalue weighted by Gasteiger charge is -2.35. The first-order chi connectivity index (χ1) is 22.6. The number of rotatable bonds is 12. The molecular weight excluding hydrogens is 630 g/mol. The van der Waals surface area contributed by atoms with E-state index in [-0.39, 0.29) is 30.7 Å². The molecular formula is C36H47N5O6S. The Morgan fingerprint density at radius 2 is 1.75 bits per heavy atom. The fourth-order valence-electron chi connectivity index (χ4n) is 5.69. The zero-order valence-electron chi connectivity index (χ0n) is 28.7. The number of aliphatic hydroxyl groups excluding tert-OH is 1. The Hall–Kier alpha value is -4.16. The van der Waals surface area contributed by atoms with Crippen LogP contribution in [-0.2, 0) is 25.6 Å². The minimum Gasteiger partial charge on any atom is -0.483 e. The van der Waals surface area contributed by atoms with Gasteiger partial charge in [0.25, 0.3) is 11.8 Å². The van der Waals surface area contributed by atoms with Gasteiger partial charge in [0.15, 0.2) is 12.7 Å². The average Bonchev–Trinajstić information content (AvgIpc) is 3.35. The van der Waals surface area contributed by atoms with Gasteiger partial charge in [0, 0.05) is 33.5 Å². The molecule has 11 nitrogen and oxygen atoms in total. The average molecular weight is 678 g/mol. The molecule has 1 saturated heterocycles. The van der Waals surface area contributed by atoms with Gasteiger partial charge in [0.2, 0.25) is 11.8 Å². The number of nitrogens with one attached hydrogen (secondary N) is 3. The van der Waals surface area contributed by atoms with Crippen molar-refractivity contribution in [2.75, 3.05) is 12.5 Å². The topological polar surface area (TPSA) is 150 Å². The van der Waals surface area contributed by atoms with Crippen molar-refractivity contribution in [3.05, 3.63) is 72.6 Å². The Morgan fingerprint density at radius 1 is 1.04 bits per heavy atom. The number of amides is 4. The number of carbonyl (C=O) groups excluding carboxylic acids is 4. The lowest BCUT2D eigenvalue weighted by Crippen LogP contribution is -2.61. The summed E-state index contributed by atoms with van der Waals surface area (Å²) in [5.41, 5.74) is 0.266. The smallest absolute Gasteiger partial charge is 0.258 e. The van der Waals surface area contributed by atoms with Crippen LogP contribution in [0.4, 0.5) is 0 Å². The van der Waals surface area contributed by atoms with E-state index >= 15 is 0 Å². The van der Waals surface area contributed by atoms with Crippen LogP contribution in [0.5, 0.6) is 5.75 Å². The number of fused-ring (bicyclic) bond motifs is 1. The molecule has 0 spiro atoms. The maximum Gasteiger partial charge on any atom is 0.258 e. The molecule has 0 aliphatic carbocycles. The van der Waals surface area contributed by atoms with Gasteiger partial charge in [-0.3, -0.25) is 24.2 Å². The highest BCUT2D eigenvalue weighted by atomic mass is 32.2. The van der Waals surface area contributed by atoms with Crippen molar-refractivity contribution >= 4 is 46.2 Å². The van der Waals surface area contributed by atoms with E-state index < -0.39 is 52.2 Å². The summed E-state index contributed by atoms with van der Waals surface area (Å²) in [6, 6.07) is 13.6. The number of hydrogen-bond donors (Lipinski definition) is 4. The number of hydrogen-bond acceptors (Lipinski definition) is 8. The quantitative estimate of drug-likeness (QED) is 0.228. The van der Waals surface area contributed by atoms with E-state index in [2.05, 4.69) is 20.9 Å². The number of carbonyl (C=O) groups is 4. The normalized spacial score (nSPS) is 17.8. The van der Waals surface area contributed by atoms with Crippen molar-refractivity contribution in [2.45, 2.75) is 89.4 Å². The Labute approximate surface area is 286 Å². The van der Waals surface area contributed by atoms with E-state index in [0.717, 1.165) is 16.3 Å². The molecule has 4 amide bonds. The standard InChI is InChI=1S/C36H47N5O6S/c1-22(2)29(39-28(42)20-47-27-15-11-14-24-19-37-17-16-25(24)27)32(44)38-26(18-23-12-9-8-10-13-23)30(43)34(46)41-21-48-36(6,7)31(41)33(45)40-35(3,4)5/h8-17,19,22,26,29-31,43H,18,20-21H2,1-7H3,(H,38,44)(H,39,42)(H,40,45)/t26-,29-,30-,31+/m0/s1. The summed E-state index contributed by atoms with van der Waals surface area (Å²) in [4.78, 5) is 59.7. The van der Waals surface area contributed by atoms with Crippen LogP contribution in [0.15, 0.2) is 67.0 Å². The highest BCUT2D eigenvalue weighted by Gasteiger charge is 2.50. The van der Waals surface area contributed by atoms with E-state index in [4.69, 9.17) is 4.74 Å². The lowest BCUT2D eigenvalue weighted by molar-refractivity contribution is -0.148. The Morgan fingerprint density at radius 3 is 2.42 bits per heavy atom. The molecule has 1 aliphatic rings. The van der Waals surface area contributed by atoms with Crippen molar-refractivity contribution in [1.82, 2.24) is 25.8 Å². The van der Waals surface area contributed by atoms with Crippen LogP contribution >= 0.6 is 11.8 Å². The van der Waals surface area contributed by atoms with Crippen LogP contribution in [0.25, 0.3) is 10.8 Å². The zero-order valence-corrected chi connectivity index (χ0v) is 29.5. The summed E-state index contributed by atoms with van der Waals surface area (Å²) < 4.78 is 5.20. The van der Waals surface area contributed by atoms with E-state index in [1.807, 2.05) is 77.1 Å². The third-order valence-corrected chi connectivity index (χ3v) is 9.48. The molecule has 0 saturated carbocycles. The van der Waals surface area contributed by atoms with Crippen molar-refractivity contribution in [2.24, 2.45) is 5.92 Å². The van der Waals surface area contributed by atoms with Crippen LogP contribution in [0.1, 0.15) is 54.0 Å². The molecule has 2 heterocycles. The number of aromatic nitrogens is 1. The predicted molar refractivity (Wildman–Crippen MR) is 187 cm³/mol. The third-order valence-electron chi connectivity index (χ3n) is 8.10. The van der Waals surface area contributed by atoms with E-state index in [0.29, 0.717) is 5.75 Å². The summed E-state index contributed by atoms with van der Waals surface area (Å²) in [6.45, 7) is 12.6. The molecule has 0 bridgehead atoms. The molecule has 1 fully saturated rings. The van der Waals surface area contributed by atoms with E-state index in [9.17, 15) is 24.3 Å². The second-order valence-electron chi connectivity index (χ2n) is 14.0. The van der Waals surface area contributed by atoms with Gasteiger partial charge < -0.3 is 30.7 Å². The van der Waals surface area contributed by atoms with Gasteiger partial charge in [-0.15, -0.1) is 11.8 Å². The first-order valence-corrected chi connectivity index (χ1v) is 17.1. The number of nitrogens with zero attached hydrogens (tertiary/aromatic N) is 2. The molecule has 258 valence electrons. The third kappa shape index (κ3) is 9.25. The Bertz CT molecular complexity index is 1600. The summed E-state index contributed by atoms with van der Waals surface area (Å²) in [5, 5.41) is 21.8. The van der Waals surface area contributed by atoms with Gasteiger partial charge >= 0.3 is 0 Å². The first kappa shape index (κ1) is 36.7. The van der Waals surface area contributed by atoms with Gasteiger partial charge in [0.05, 0.1) is 11.9 Å². The minimum absolute atomic E-state index is 0.139. The fourth-order valence-corrected chi connectivity index (χ4v) is 6.83. The molecule has 3 aromatic rings. The largest absolute Gasteiger partial charge is 0.483 e. The van der Waals surface area contributed by atoms with Gasteiger partial charge in [-0.2, -0.15) is 0 Å². The summed E-state index contributed by atoms with van der Waals surface area (Å²) in [5.74, 6) is -1.65. The predicted octanol–water partition coefficient (Wildman–Crippen LogP) is 3.44. The van der Waals surface area contributed by atoms with Crippen LogP contribution in [-0.4, -0.2) is 85.6 Å². The van der Waals surface area contributed by atoms with E-state index in [1.165, 1.54) is 16.7 Å². The van der Waals surface area contributed by atoms with Gasteiger partial charge in [0.1, 0.15) is 17.8 Å². The molecule has 4 rings (SSSR count). The molecule has 4 N–H and O–H groups in total. The van der Waals surface area contributed by atoms with Crippen molar-refractivity contribution < 1.29 is 29.0 Å². The molecule has 0 unspecified atom stereocenters. The molecule has 4 atom stereocenters. The Kier molecular flexibility index (Phi) is 11.7. The fraction of sp³-hybridized carbons (Fsp3) is 0.472. The second kappa shape index (κ2) is 15.4. The molecule has 48 heavy (non-hydrogen) atoms. The number of benzene rings is 2. The van der Waals surface area contributed by atoms with Crippen molar-refractivity contribution in [3.8, 4) is 5.75 Å². The van der Waals surface area contributed by atoms with Gasteiger partial charge in [-0.1, -0.05) is 56.3 Å². The molecule has 1 aliphatic heterocycles. The monoisotopic (exact) mass is 677 g/mol. The lowest BCUT2D eigenvalue weighted by atomic mass is 9.95. The molecule has 1 aromatic heterocycles. The molecule has 12 heteroatoms. The highest BCUT2D eigenvalue weighted by molar-refractivity contribution is 8.00. The SMILES string of the molecule is CC(C)[C@H](NC(=O)COc1cccc2cnccc12)C(=O)N[C@@H](Cc1ccccc1)[C@H](O)C(=O)N1CSC(C)(C)[C@H]1C(=O)NC(C)(C)C. The van der Waals surface area contributed by atoms with Crippen molar-refractivity contribution in [3.63, 3.8) is 0 Å². The molecule has 2 aromatic carbocycles. The van der Waals surface area contributed by atoms with Crippen LogP contribution < -0.4 is 20.7 Å². The van der Waals surface area contributed by atoms with Gasteiger partial charge in [-0.25, -0.2) is 0 Å². The number of ether oxygens (including phenoxy) is 1. The van der Waals surface area contributed by atoms with Crippen LogP contribution in [0.3, 0.4) is 0 Å². The number of pyridine rings is 1. The minimum atomic E-state index is -1.67. The molecule has 0 radical (unpaired) electrons. The maximum absolute atomic E-state index is 14.0. The first-order valence-electron chi connectivity index (χ1n) is 16.1. The maximum atomic E-state index is 14.0. The van der Waals surface area contributed by atoms with Crippen molar-refractivity contribution in [1.29, 1.82) is 0 Å². The number of aliphatic hydroxyl groups is 1. The number of thioether (sulfide) groups is 1. The zero-order chi connectivity index (χ0) is 35.2. The van der Waals surface area contributed by atoms with E-state index in [1.54, 1.807) is 38.4 Å². The highest BCUT2D eigenvalue weighted by Crippen LogP contribution is 2.40. The Balaban J connectivity index is 1.50. The van der Waals surface area contributed by atoms with Gasteiger partial charge in [-0.05, 0) is 64.7 Å².